The second-order valence-electron chi connectivity index (χ2n) is 5.19. The van der Waals surface area contributed by atoms with Gasteiger partial charge in [0.15, 0.2) is 0 Å². The molecule has 1 aliphatic rings. The molecule has 1 unspecified atom stereocenters. The number of anilines is 1. The standard InChI is InChI=1S/C14H18N2O4/c1-8(9-2-3-9)7-15-14(20)16-11-5-4-10(13(18)19)6-12(11)17/h4-6,8-9,17H,2-3,7H2,1H3,(H,18,19)(H2,15,16,20). The van der Waals surface area contributed by atoms with Crippen LogP contribution in [0.2, 0.25) is 0 Å². The zero-order chi connectivity index (χ0) is 14.7. The van der Waals surface area contributed by atoms with Gasteiger partial charge in [-0.1, -0.05) is 6.92 Å². The Morgan fingerprint density at radius 2 is 2.10 bits per heavy atom. The first-order chi connectivity index (χ1) is 9.47. The van der Waals surface area contributed by atoms with E-state index in [9.17, 15) is 14.7 Å². The van der Waals surface area contributed by atoms with Gasteiger partial charge in [-0.3, -0.25) is 0 Å². The maximum absolute atomic E-state index is 11.7. The highest BCUT2D eigenvalue weighted by molar-refractivity contribution is 5.93. The monoisotopic (exact) mass is 278 g/mol. The van der Waals surface area contributed by atoms with E-state index >= 15 is 0 Å². The fraction of sp³-hybridized carbons (Fsp3) is 0.429. The molecule has 1 atom stereocenters. The van der Waals surface area contributed by atoms with Gasteiger partial charge in [0.1, 0.15) is 5.75 Å². The quantitative estimate of drug-likeness (QED) is 0.621. The van der Waals surface area contributed by atoms with Gasteiger partial charge in [-0.15, -0.1) is 0 Å². The number of amides is 2. The van der Waals surface area contributed by atoms with Gasteiger partial charge in [-0.05, 0) is 42.9 Å². The summed E-state index contributed by atoms with van der Waals surface area (Å²) in [6.07, 6.45) is 2.45. The van der Waals surface area contributed by atoms with Gasteiger partial charge in [0.2, 0.25) is 0 Å². The highest BCUT2D eigenvalue weighted by Gasteiger charge is 2.27. The Morgan fingerprint density at radius 3 is 2.65 bits per heavy atom. The Bertz CT molecular complexity index is 526. The summed E-state index contributed by atoms with van der Waals surface area (Å²) in [6, 6.07) is 3.38. The first-order valence-corrected chi connectivity index (χ1v) is 6.58. The maximum Gasteiger partial charge on any atom is 0.335 e. The lowest BCUT2D eigenvalue weighted by Gasteiger charge is -2.13. The SMILES string of the molecule is CC(CNC(=O)Nc1ccc(C(=O)O)cc1O)C1CC1. The number of hydrogen-bond acceptors (Lipinski definition) is 3. The Kier molecular flexibility index (Phi) is 4.12. The van der Waals surface area contributed by atoms with E-state index in [0.717, 1.165) is 6.07 Å². The Labute approximate surface area is 116 Å². The molecule has 0 saturated heterocycles. The molecule has 2 amide bonds. The normalized spacial score (nSPS) is 15.4. The Hall–Kier alpha value is -2.24. The minimum Gasteiger partial charge on any atom is -0.506 e. The minimum absolute atomic E-state index is 0.0317. The molecule has 0 aliphatic heterocycles. The number of aromatic hydroxyl groups is 1. The highest BCUT2D eigenvalue weighted by Crippen LogP contribution is 2.36. The largest absolute Gasteiger partial charge is 0.506 e. The number of nitrogens with one attached hydrogen (secondary N) is 2. The Morgan fingerprint density at radius 1 is 1.40 bits per heavy atom. The van der Waals surface area contributed by atoms with Crippen molar-refractivity contribution < 1.29 is 19.8 Å². The molecular formula is C14H18N2O4. The van der Waals surface area contributed by atoms with Crippen molar-refractivity contribution >= 4 is 17.7 Å². The molecule has 1 saturated carbocycles. The van der Waals surface area contributed by atoms with E-state index in [1.165, 1.54) is 25.0 Å². The van der Waals surface area contributed by atoms with E-state index in [-0.39, 0.29) is 17.0 Å². The zero-order valence-corrected chi connectivity index (χ0v) is 11.2. The zero-order valence-electron chi connectivity index (χ0n) is 11.2. The number of rotatable bonds is 5. The topological polar surface area (TPSA) is 98.7 Å². The lowest BCUT2D eigenvalue weighted by Crippen LogP contribution is -2.32. The van der Waals surface area contributed by atoms with Gasteiger partial charge in [0.05, 0.1) is 11.3 Å². The van der Waals surface area contributed by atoms with E-state index in [0.29, 0.717) is 18.4 Å². The summed E-state index contributed by atoms with van der Waals surface area (Å²) in [6.45, 7) is 2.68. The van der Waals surface area contributed by atoms with Gasteiger partial charge in [-0.25, -0.2) is 9.59 Å². The lowest BCUT2D eigenvalue weighted by atomic mass is 10.1. The molecule has 0 spiro atoms. The van der Waals surface area contributed by atoms with E-state index in [1.54, 1.807) is 0 Å². The summed E-state index contributed by atoms with van der Waals surface area (Å²) in [7, 11) is 0. The second kappa shape index (κ2) is 5.81. The molecular weight excluding hydrogens is 260 g/mol. The van der Waals surface area contributed by atoms with E-state index in [4.69, 9.17) is 5.11 Å². The van der Waals surface area contributed by atoms with Gasteiger partial charge < -0.3 is 20.8 Å². The average molecular weight is 278 g/mol. The third kappa shape index (κ3) is 3.63. The van der Waals surface area contributed by atoms with E-state index in [2.05, 4.69) is 17.6 Å². The summed E-state index contributed by atoms with van der Waals surface area (Å²) in [4.78, 5) is 22.4. The molecule has 0 heterocycles. The fourth-order valence-corrected chi connectivity index (χ4v) is 2.02. The molecule has 0 bridgehead atoms. The number of urea groups is 1. The van der Waals surface area contributed by atoms with Gasteiger partial charge in [0, 0.05) is 6.54 Å². The van der Waals surface area contributed by atoms with Crippen molar-refractivity contribution in [3.8, 4) is 5.75 Å². The van der Waals surface area contributed by atoms with Gasteiger partial charge in [-0.2, -0.15) is 0 Å². The van der Waals surface area contributed by atoms with Crippen LogP contribution in [0.25, 0.3) is 0 Å². The minimum atomic E-state index is -1.13. The number of phenols is 1. The molecule has 108 valence electrons. The first kappa shape index (κ1) is 14.2. The van der Waals surface area contributed by atoms with Crippen LogP contribution in [-0.4, -0.2) is 28.8 Å². The van der Waals surface area contributed by atoms with Crippen molar-refractivity contribution in [1.29, 1.82) is 0 Å². The van der Waals surface area contributed by atoms with Crippen LogP contribution < -0.4 is 10.6 Å². The van der Waals surface area contributed by atoms with Crippen molar-refractivity contribution in [3.63, 3.8) is 0 Å². The summed E-state index contributed by atoms with van der Waals surface area (Å²) in [5.74, 6) is -0.243. The summed E-state index contributed by atoms with van der Waals surface area (Å²) < 4.78 is 0. The third-order valence-electron chi connectivity index (χ3n) is 3.50. The fourth-order valence-electron chi connectivity index (χ4n) is 2.02. The second-order valence-corrected chi connectivity index (χ2v) is 5.19. The Balaban J connectivity index is 1.88. The molecule has 1 aliphatic carbocycles. The molecule has 0 aromatic heterocycles. The number of phenolic OH excluding ortho intramolecular Hbond substituents is 1. The highest BCUT2D eigenvalue weighted by atomic mass is 16.4. The van der Waals surface area contributed by atoms with Crippen LogP contribution in [0.15, 0.2) is 18.2 Å². The molecule has 1 aromatic rings. The molecule has 6 nitrogen and oxygen atoms in total. The summed E-state index contributed by atoms with van der Waals surface area (Å²) in [5, 5.41) is 23.7. The van der Waals surface area contributed by atoms with E-state index in [1.807, 2.05) is 0 Å². The predicted octanol–water partition coefficient (Wildman–Crippen LogP) is 2.26. The summed E-state index contributed by atoms with van der Waals surface area (Å²) >= 11 is 0. The molecule has 1 aromatic carbocycles. The third-order valence-corrected chi connectivity index (χ3v) is 3.50. The number of carbonyl (C=O) groups excluding carboxylic acids is 1. The maximum atomic E-state index is 11.7. The molecule has 1 fully saturated rings. The number of carboxylic acids is 1. The molecule has 4 N–H and O–H groups in total. The molecule has 20 heavy (non-hydrogen) atoms. The number of carboxylic acid groups (broad SMARTS) is 1. The predicted molar refractivity (Wildman–Crippen MR) is 74.0 cm³/mol. The summed E-state index contributed by atoms with van der Waals surface area (Å²) in [5.41, 5.74) is 0.155. The molecule has 6 heteroatoms. The average Bonchev–Trinajstić information content (AvgIpc) is 3.22. The first-order valence-electron chi connectivity index (χ1n) is 6.58. The van der Waals surface area contributed by atoms with Crippen LogP contribution >= 0.6 is 0 Å². The lowest BCUT2D eigenvalue weighted by molar-refractivity contribution is 0.0696. The number of hydrogen-bond donors (Lipinski definition) is 4. The van der Waals surface area contributed by atoms with Crippen LogP contribution in [0.3, 0.4) is 0 Å². The number of carbonyl (C=O) groups is 2. The van der Waals surface area contributed by atoms with Gasteiger partial charge in [0.25, 0.3) is 0 Å². The number of benzene rings is 1. The molecule has 2 rings (SSSR count). The van der Waals surface area contributed by atoms with E-state index < -0.39 is 12.0 Å². The van der Waals surface area contributed by atoms with Crippen LogP contribution in [0, 0.1) is 11.8 Å². The van der Waals surface area contributed by atoms with Crippen molar-refractivity contribution in [3.05, 3.63) is 23.8 Å². The van der Waals surface area contributed by atoms with Crippen LogP contribution in [-0.2, 0) is 0 Å². The van der Waals surface area contributed by atoms with Crippen LogP contribution in [0.1, 0.15) is 30.1 Å². The van der Waals surface area contributed by atoms with Crippen molar-refractivity contribution in [1.82, 2.24) is 5.32 Å². The van der Waals surface area contributed by atoms with Crippen LogP contribution in [0.4, 0.5) is 10.5 Å². The molecule has 0 radical (unpaired) electrons. The smallest absolute Gasteiger partial charge is 0.335 e. The van der Waals surface area contributed by atoms with Crippen molar-refractivity contribution in [2.24, 2.45) is 11.8 Å². The van der Waals surface area contributed by atoms with Crippen molar-refractivity contribution in [2.75, 3.05) is 11.9 Å². The van der Waals surface area contributed by atoms with Crippen LogP contribution in [0.5, 0.6) is 5.75 Å². The number of aromatic carboxylic acids is 1. The van der Waals surface area contributed by atoms with Crippen molar-refractivity contribution in [2.45, 2.75) is 19.8 Å². The van der Waals surface area contributed by atoms with Gasteiger partial charge >= 0.3 is 12.0 Å².